The summed E-state index contributed by atoms with van der Waals surface area (Å²) < 4.78 is 23.6. The highest BCUT2D eigenvalue weighted by molar-refractivity contribution is 7.22. The van der Waals surface area contributed by atoms with E-state index >= 15 is 0 Å². The zero-order valence-corrected chi connectivity index (χ0v) is 24.8. The van der Waals surface area contributed by atoms with Crippen LogP contribution in [0.15, 0.2) is 72.8 Å². The van der Waals surface area contributed by atoms with Gasteiger partial charge >= 0.3 is 5.91 Å². The van der Waals surface area contributed by atoms with Gasteiger partial charge in [0, 0.05) is 12.0 Å². The van der Waals surface area contributed by atoms with Crippen molar-refractivity contribution in [2.45, 2.75) is 32.4 Å². The monoisotopic (exact) mass is 598 g/mol. The summed E-state index contributed by atoms with van der Waals surface area (Å²) in [5, 5.41) is 12.0. The third-order valence-corrected chi connectivity index (χ3v) is 8.36. The molecule has 2 aliphatic heterocycles. The van der Waals surface area contributed by atoms with Crippen molar-refractivity contribution in [2.75, 3.05) is 25.2 Å². The topological polar surface area (TPSA) is 107 Å². The first kappa shape index (κ1) is 28.3. The van der Waals surface area contributed by atoms with Crippen molar-refractivity contribution in [3.05, 3.63) is 89.5 Å². The molecule has 0 spiro atoms. The van der Waals surface area contributed by atoms with E-state index in [2.05, 4.69) is 6.58 Å². The number of thiazole rings is 1. The predicted octanol–water partition coefficient (Wildman–Crippen LogP) is 6.22. The first-order valence-corrected chi connectivity index (χ1v) is 14.7. The van der Waals surface area contributed by atoms with E-state index in [4.69, 9.17) is 23.9 Å². The number of hydrogen-bond donors (Lipinski definition) is 1. The number of fused-ring (bicyclic) bond motifs is 2. The Hall–Kier alpha value is -4.83. The first-order valence-electron chi connectivity index (χ1n) is 13.9. The number of aliphatic hydroxyl groups is 1. The Morgan fingerprint density at radius 1 is 1.14 bits per heavy atom. The second kappa shape index (κ2) is 11.4. The number of anilines is 1. The average molecular weight is 599 g/mol. The third kappa shape index (κ3) is 5.08. The molecular formula is C33H30N2O7S. The van der Waals surface area contributed by atoms with Crippen LogP contribution >= 0.6 is 11.3 Å². The minimum atomic E-state index is -0.987. The van der Waals surface area contributed by atoms with Crippen LogP contribution in [-0.4, -0.2) is 48.2 Å². The van der Waals surface area contributed by atoms with Gasteiger partial charge in [0.1, 0.15) is 30.0 Å². The number of Topliss-reactive ketones (excluding diaryl/α,β-unsaturated/α-hetero) is 1. The Morgan fingerprint density at radius 2 is 1.98 bits per heavy atom. The number of ketones is 1. The smallest absolute Gasteiger partial charge is 0.301 e. The van der Waals surface area contributed by atoms with Crippen LogP contribution in [0.4, 0.5) is 5.13 Å². The summed E-state index contributed by atoms with van der Waals surface area (Å²) in [4.78, 5) is 33.6. The van der Waals surface area contributed by atoms with Gasteiger partial charge in [-0.05, 0) is 73.5 Å². The summed E-state index contributed by atoms with van der Waals surface area (Å²) in [6.07, 6.45) is 2.31. The second-order valence-corrected chi connectivity index (χ2v) is 11.2. The minimum Gasteiger partial charge on any atom is -0.507 e. The first-order chi connectivity index (χ1) is 20.8. The summed E-state index contributed by atoms with van der Waals surface area (Å²) >= 11 is 1.26. The zero-order chi connectivity index (χ0) is 30.2. The summed E-state index contributed by atoms with van der Waals surface area (Å²) in [7, 11) is 1.58. The van der Waals surface area contributed by atoms with Gasteiger partial charge in [0.2, 0.25) is 0 Å². The molecule has 4 aromatic rings. The third-order valence-electron chi connectivity index (χ3n) is 7.34. The van der Waals surface area contributed by atoms with Crippen molar-refractivity contribution >= 4 is 44.1 Å². The number of benzene rings is 3. The van der Waals surface area contributed by atoms with Crippen LogP contribution in [0.1, 0.15) is 36.6 Å². The van der Waals surface area contributed by atoms with Gasteiger partial charge in [-0.15, -0.1) is 0 Å². The van der Waals surface area contributed by atoms with Crippen molar-refractivity contribution in [1.82, 2.24) is 4.98 Å². The number of nitrogens with zero attached hydrogens (tertiary/aromatic N) is 2. The van der Waals surface area contributed by atoms with Gasteiger partial charge in [-0.2, -0.15) is 0 Å². The molecule has 1 amide bonds. The SMILES string of the molecule is C=CCOc1ccc([C@H]2C(=C(O)c3ccc4c(c3)C[C@H](C)O4)C(=O)C(=O)N2c2nc3ccc(OC)cc3s2)cc1OCC. The van der Waals surface area contributed by atoms with E-state index in [1.807, 2.05) is 19.9 Å². The number of carbonyl (C=O) groups excluding carboxylic acids is 2. The molecule has 1 saturated heterocycles. The number of aliphatic hydroxyl groups excluding tert-OH is 1. The minimum absolute atomic E-state index is 0.00875. The van der Waals surface area contributed by atoms with Gasteiger partial charge in [0.05, 0.1) is 35.5 Å². The molecule has 3 heterocycles. The van der Waals surface area contributed by atoms with Crippen LogP contribution in [0, 0.1) is 0 Å². The molecule has 0 radical (unpaired) electrons. The summed E-state index contributed by atoms with van der Waals surface area (Å²) in [5.41, 5.74) is 2.49. The van der Waals surface area contributed by atoms with E-state index in [9.17, 15) is 14.7 Å². The maximum atomic E-state index is 13.8. The summed E-state index contributed by atoms with van der Waals surface area (Å²) in [6.45, 7) is 8.16. The molecule has 1 aromatic heterocycles. The number of amides is 1. The van der Waals surface area contributed by atoms with Gasteiger partial charge in [0.25, 0.3) is 5.78 Å². The molecule has 0 bridgehead atoms. The van der Waals surface area contributed by atoms with Crippen LogP contribution in [0.3, 0.4) is 0 Å². The maximum Gasteiger partial charge on any atom is 0.301 e. The lowest BCUT2D eigenvalue weighted by atomic mass is 9.94. The normalized spacial score (nSPS) is 18.9. The number of aromatic nitrogens is 1. The number of methoxy groups -OCH3 is 1. The highest BCUT2D eigenvalue weighted by Gasteiger charge is 2.48. The summed E-state index contributed by atoms with van der Waals surface area (Å²) in [5.74, 6) is 0.429. The largest absolute Gasteiger partial charge is 0.507 e. The summed E-state index contributed by atoms with van der Waals surface area (Å²) in [6, 6.07) is 14.9. The fourth-order valence-corrected chi connectivity index (χ4v) is 6.44. The quantitative estimate of drug-likeness (QED) is 0.105. The highest BCUT2D eigenvalue weighted by atomic mass is 32.1. The van der Waals surface area contributed by atoms with E-state index in [0.29, 0.717) is 52.1 Å². The van der Waals surface area contributed by atoms with E-state index in [-0.39, 0.29) is 24.0 Å². The Bertz CT molecular complexity index is 1790. The van der Waals surface area contributed by atoms with Crippen molar-refractivity contribution in [2.24, 2.45) is 0 Å². The molecule has 0 aliphatic carbocycles. The van der Waals surface area contributed by atoms with Gasteiger partial charge in [-0.1, -0.05) is 30.1 Å². The fourth-order valence-electron chi connectivity index (χ4n) is 5.42. The predicted molar refractivity (Wildman–Crippen MR) is 164 cm³/mol. The van der Waals surface area contributed by atoms with Gasteiger partial charge in [0.15, 0.2) is 16.6 Å². The molecule has 3 aromatic carbocycles. The van der Waals surface area contributed by atoms with Gasteiger partial charge < -0.3 is 24.1 Å². The van der Waals surface area contributed by atoms with Crippen LogP contribution in [0.2, 0.25) is 0 Å². The Morgan fingerprint density at radius 3 is 2.74 bits per heavy atom. The maximum absolute atomic E-state index is 13.8. The molecule has 0 unspecified atom stereocenters. The fraction of sp³-hybridized carbons (Fsp3) is 0.242. The number of hydrogen-bond acceptors (Lipinski definition) is 9. The van der Waals surface area contributed by atoms with Crippen LogP contribution < -0.4 is 23.8 Å². The van der Waals surface area contributed by atoms with Gasteiger partial charge in [-0.3, -0.25) is 14.5 Å². The Labute approximate surface area is 252 Å². The van der Waals surface area contributed by atoms with Crippen LogP contribution in [0.25, 0.3) is 16.0 Å². The molecule has 1 N–H and O–H groups in total. The molecule has 9 nitrogen and oxygen atoms in total. The lowest BCUT2D eigenvalue weighted by molar-refractivity contribution is -0.132. The van der Waals surface area contributed by atoms with Gasteiger partial charge in [-0.25, -0.2) is 4.98 Å². The van der Waals surface area contributed by atoms with Crippen molar-refractivity contribution in [1.29, 1.82) is 0 Å². The lowest BCUT2D eigenvalue weighted by Crippen LogP contribution is -2.29. The average Bonchev–Trinajstić information content (AvgIpc) is 3.67. The van der Waals surface area contributed by atoms with E-state index in [1.54, 1.807) is 61.7 Å². The Balaban J connectivity index is 1.53. The number of ether oxygens (including phenoxy) is 4. The zero-order valence-electron chi connectivity index (χ0n) is 24.0. The molecular weight excluding hydrogens is 568 g/mol. The molecule has 2 atom stereocenters. The van der Waals surface area contributed by atoms with E-state index < -0.39 is 17.7 Å². The molecule has 43 heavy (non-hydrogen) atoms. The standard InChI is InChI=1S/C33H30N2O7S/c1-5-13-41-25-12-7-19(16-26(25)40-6-2)29-28(30(36)20-8-11-24-21(15-20)14-18(3)42-24)31(37)32(38)35(29)33-34-23-10-9-22(39-4)17-27(23)43-33/h5,7-12,15-18,29,36H,1,6,13-14H2,2-4H3/t18-,29-/m0/s1. The van der Waals surface area contributed by atoms with E-state index in [1.165, 1.54) is 16.2 Å². The van der Waals surface area contributed by atoms with Crippen molar-refractivity contribution in [3.8, 4) is 23.0 Å². The molecule has 2 aliphatic rings. The molecule has 6 rings (SSSR count). The number of carbonyl (C=O) groups is 2. The van der Waals surface area contributed by atoms with E-state index in [0.717, 1.165) is 16.0 Å². The highest BCUT2D eigenvalue weighted by Crippen LogP contribution is 2.46. The molecule has 220 valence electrons. The second-order valence-electron chi connectivity index (χ2n) is 10.2. The Kier molecular flexibility index (Phi) is 7.53. The lowest BCUT2D eigenvalue weighted by Gasteiger charge is -2.24. The van der Waals surface area contributed by atoms with Crippen LogP contribution in [-0.2, 0) is 16.0 Å². The molecule has 10 heteroatoms. The van der Waals surface area contributed by atoms with Crippen molar-refractivity contribution < 1.29 is 33.6 Å². The molecule has 0 saturated carbocycles. The number of rotatable bonds is 9. The van der Waals surface area contributed by atoms with Crippen LogP contribution in [0.5, 0.6) is 23.0 Å². The van der Waals surface area contributed by atoms with Crippen molar-refractivity contribution in [3.63, 3.8) is 0 Å². The molecule has 1 fully saturated rings.